The third kappa shape index (κ3) is 4.09. The number of rotatable bonds is 7. The summed E-state index contributed by atoms with van der Waals surface area (Å²) >= 11 is 12.6. The normalized spacial score (nSPS) is 22.4. The average Bonchev–Trinajstić information content (AvgIpc) is 2.89. The van der Waals surface area contributed by atoms with Gasteiger partial charge < -0.3 is 14.8 Å². The molecule has 1 heterocycles. The van der Waals surface area contributed by atoms with Gasteiger partial charge in [-0.3, -0.25) is 0 Å². The van der Waals surface area contributed by atoms with Gasteiger partial charge in [0.1, 0.15) is 0 Å². The molecule has 1 atom stereocenters. The van der Waals surface area contributed by atoms with Crippen molar-refractivity contribution < 1.29 is 9.47 Å². The van der Waals surface area contributed by atoms with Gasteiger partial charge in [0.15, 0.2) is 0 Å². The van der Waals surface area contributed by atoms with Crippen molar-refractivity contribution in [1.29, 1.82) is 0 Å². The maximum atomic E-state index is 6.29. The molecular formula is C15H21Cl2NO2. The highest BCUT2D eigenvalue weighted by molar-refractivity contribution is 6.36. The van der Waals surface area contributed by atoms with E-state index >= 15 is 0 Å². The first-order chi connectivity index (χ1) is 9.67. The Morgan fingerprint density at radius 3 is 2.70 bits per heavy atom. The molecule has 20 heavy (non-hydrogen) atoms. The topological polar surface area (TPSA) is 30.5 Å². The van der Waals surface area contributed by atoms with E-state index in [-0.39, 0.29) is 5.41 Å². The van der Waals surface area contributed by atoms with Crippen LogP contribution < -0.4 is 5.32 Å². The molecule has 1 aromatic rings. The van der Waals surface area contributed by atoms with E-state index in [1.807, 2.05) is 18.2 Å². The first-order valence-electron chi connectivity index (χ1n) is 6.87. The number of halogens is 2. The van der Waals surface area contributed by atoms with Crippen LogP contribution in [0.15, 0.2) is 18.2 Å². The summed E-state index contributed by atoms with van der Waals surface area (Å²) in [6.45, 7) is 3.98. The van der Waals surface area contributed by atoms with Crippen LogP contribution in [0.25, 0.3) is 0 Å². The van der Waals surface area contributed by atoms with Gasteiger partial charge in [-0.05, 0) is 30.5 Å². The highest BCUT2D eigenvalue weighted by Crippen LogP contribution is 2.36. The minimum absolute atomic E-state index is 0.0718. The van der Waals surface area contributed by atoms with Crippen LogP contribution in [-0.2, 0) is 15.9 Å². The number of ether oxygens (including phenoxy) is 2. The Bertz CT molecular complexity index is 414. The van der Waals surface area contributed by atoms with Crippen molar-refractivity contribution in [2.75, 3.05) is 40.0 Å². The number of benzene rings is 1. The Morgan fingerprint density at radius 1 is 1.35 bits per heavy atom. The third-order valence-electron chi connectivity index (χ3n) is 3.78. The number of hydrogen-bond donors (Lipinski definition) is 1. The summed E-state index contributed by atoms with van der Waals surface area (Å²) in [5.41, 5.74) is 1.09. The third-order valence-corrected chi connectivity index (χ3v) is 4.49. The molecule has 0 amide bonds. The second-order valence-corrected chi connectivity index (χ2v) is 6.16. The van der Waals surface area contributed by atoms with Crippen molar-refractivity contribution in [3.05, 3.63) is 33.8 Å². The molecule has 2 rings (SSSR count). The molecule has 0 aromatic heterocycles. The quantitative estimate of drug-likeness (QED) is 0.783. The summed E-state index contributed by atoms with van der Waals surface area (Å²) in [5.74, 6) is 0. The molecule has 0 radical (unpaired) electrons. The first-order valence-corrected chi connectivity index (χ1v) is 7.63. The molecule has 1 aliphatic heterocycles. The van der Waals surface area contributed by atoms with Crippen LogP contribution in [0.1, 0.15) is 12.0 Å². The van der Waals surface area contributed by atoms with Gasteiger partial charge in [0.05, 0.1) is 13.2 Å². The van der Waals surface area contributed by atoms with Crippen molar-refractivity contribution in [2.24, 2.45) is 5.41 Å². The zero-order valence-electron chi connectivity index (χ0n) is 11.8. The minimum atomic E-state index is 0.0718. The smallest absolute Gasteiger partial charge is 0.0587 e. The lowest BCUT2D eigenvalue weighted by Gasteiger charge is -2.28. The van der Waals surface area contributed by atoms with Gasteiger partial charge in [0.25, 0.3) is 0 Å². The molecule has 1 aliphatic rings. The Hall–Kier alpha value is -0.320. The zero-order valence-corrected chi connectivity index (χ0v) is 13.3. The van der Waals surface area contributed by atoms with Crippen molar-refractivity contribution in [3.63, 3.8) is 0 Å². The summed E-state index contributed by atoms with van der Waals surface area (Å²) < 4.78 is 10.7. The van der Waals surface area contributed by atoms with Crippen LogP contribution in [0, 0.1) is 5.41 Å². The first kappa shape index (κ1) is 16.1. The zero-order chi connectivity index (χ0) is 14.4. The van der Waals surface area contributed by atoms with Crippen molar-refractivity contribution in [3.8, 4) is 0 Å². The minimum Gasteiger partial charge on any atom is -0.383 e. The molecule has 0 aliphatic carbocycles. The van der Waals surface area contributed by atoms with Gasteiger partial charge in [-0.15, -0.1) is 0 Å². The summed E-state index contributed by atoms with van der Waals surface area (Å²) in [7, 11) is 1.71. The van der Waals surface area contributed by atoms with Crippen molar-refractivity contribution in [2.45, 2.75) is 12.8 Å². The second kappa shape index (κ2) is 7.62. The fourth-order valence-corrected chi connectivity index (χ4v) is 3.13. The van der Waals surface area contributed by atoms with Crippen LogP contribution in [0.2, 0.25) is 10.0 Å². The van der Waals surface area contributed by atoms with Gasteiger partial charge in [0.2, 0.25) is 0 Å². The molecule has 1 saturated heterocycles. The van der Waals surface area contributed by atoms with E-state index in [0.717, 1.165) is 54.8 Å². The van der Waals surface area contributed by atoms with E-state index in [9.17, 15) is 0 Å². The molecule has 112 valence electrons. The number of nitrogens with one attached hydrogen (secondary N) is 1. The predicted molar refractivity (Wildman–Crippen MR) is 82.8 cm³/mol. The Morgan fingerprint density at radius 2 is 2.10 bits per heavy atom. The summed E-state index contributed by atoms with van der Waals surface area (Å²) in [6, 6.07) is 5.66. The van der Waals surface area contributed by atoms with E-state index < -0.39 is 0 Å². The van der Waals surface area contributed by atoms with E-state index in [4.69, 9.17) is 32.7 Å². The SMILES string of the molecule is COCCNCC1(Cc2c(Cl)cccc2Cl)CCOC1. The summed E-state index contributed by atoms with van der Waals surface area (Å²) in [4.78, 5) is 0. The van der Waals surface area contributed by atoms with Crippen LogP contribution in [0.3, 0.4) is 0 Å². The van der Waals surface area contributed by atoms with E-state index in [1.165, 1.54) is 0 Å². The molecule has 5 heteroatoms. The van der Waals surface area contributed by atoms with E-state index in [1.54, 1.807) is 7.11 Å². The fraction of sp³-hybridized carbons (Fsp3) is 0.600. The van der Waals surface area contributed by atoms with Gasteiger partial charge in [-0.1, -0.05) is 29.3 Å². The van der Waals surface area contributed by atoms with Crippen LogP contribution in [-0.4, -0.2) is 40.0 Å². The van der Waals surface area contributed by atoms with Crippen LogP contribution in [0.5, 0.6) is 0 Å². The second-order valence-electron chi connectivity index (χ2n) is 5.35. The van der Waals surface area contributed by atoms with Crippen LogP contribution in [0.4, 0.5) is 0 Å². The molecule has 0 spiro atoms. The molecule has 1 aromatic carbocycles. The standard InChI is InChI=1S/C15H21Cl2NO2/c1-19-8-6-18-10-15(5-7-20-11-15)9-12-13(16)3-2-4-14(12)17/h2-4,18H,5-11H2,1H3. The molecule has 1 unspecified atom stereocenters. The molecule has 1 N–H and O–H groups in total. The Kier molecular flexibility index (Phi) is 6.12. The number of methoxy groups -OCH3 is 1. The summed E-state index contributed by atoms with van der Waals surface area (Å²) in [5, 5.41) is 4.91. The largest absolute Gasteiger partial charge is 0.383 e. The summed E-state index contributed by atoms with van der Waals surface area (Å²) in [6.07, 6.45) is 1.86. The number of hydrogen-bond acceptors (Lipinski definition) is 3. The maximum Gasteiger partial charge on any atom is 0.0587 e. The van der Waals surface area contributed by atoms with Gasteiger partial charge in [-0.2, -0.15) is 0 Å². The van der Waals surface area contributed by atoms with Gasteiger partial charge in [-0.25, -0.2) is 0 Å². The Balaban J connectivity index is 2.05. The Labute approximate surface area is 130 Å². The lowest BCUT2D eigenvalue weighted by atomic mass is 9.80. The molecule has 0 saturated carbocycles. The van der Waals surface area contributed by atoms with Crippen molar-refractivity contribution in [1.82, 2.24) is 5.32 Å². The molecule has 0 bridgehead atoms. The monoisotopic (exact) mass is 317 g/mol. The lowest BCUT2D eigenvalue weighted by molar-refractivity contribution is 0.145. The average molecular weight is 318 g/mol. The van der Waals surface area contributed by atoms with E-state index in [2.05, 4.69) is 5.32 Å². The highest BCUT2D eigenvalue weighted by Gasteiger charge is 2.35. The molecule has 3 nitrogen and oxygen atoms in total. The fourth-order valence-electron chi connectivity index (χ4n) is 2.59. The highest BCUT2D eigenvalue weighted by atomic mass is 35.5. The van der Waals surface area contributed by atoms with Gasteiger partial charge in [0, 0.05) is 42.3 Å². The van der Waals surface area contributed by atoms with Crippen molar-refractivity contribution >= 4 is 23.2 Å². The molecule has 1 fully saturated rings. The lowest BCUT2D eigenvalue weighted by Crippen LogP contribution is -2.38. The predicted octanol–water partition coefficient (Wildman–Crippen LogP) is 3.18. The maximum absolute atomic E-state index is 6.29. The van der Waals surface area contributed by atoms with Gasteiger partial charge >= 0.3 is 0 Å². The van der Waals surface area contributed by atoms with E-state index in [0.29, 0.717) is 6.61 Å². The van der Waals surface area contributed by atoms with Crippen LogP contribution >= 0.6 is 23.2 Å². The molecular weight excluding hydrogens is 297 g/mol.